The van der Waals surface area contributed by atoms with Crippen LogP contribution >= 0.6 is 0 Å². The van der Waals surface area contributed by atoms with Crippen molar-refractivity contribution in [3.63, 3.8) is 0 Å². The Balaban J connectivity index is 1.30. The third kappa shape index (κ3) is 4.85. The summed E-state index contributed by atoms with van der Waals surface area (Å²) in [6.45, 7) is 5.57. The van der Waals surface area contributed by atoms with Crippen molar-refractivity contribution in [2.75, 3.05) is 5.32 Å². The van der Waals surface area contributed by atoms with Gasteiger partial charge in [-0.2, -0.15) is 0 Å². The summed E-state index contributed by atoms with van der Waals surface area (Å²) in [5, 5.41) is 16.3. The molecule has 1 heterocycles. The average molecular weight is 496 g/mol. The van der Waals surface area contributed by atoms with Crippen molar-refractivity contribution in [3.05, 3.63) is 95.2 Å². The second kappa shape index (κ2) is 9.58. The molecule has 0 bridgehead atoms. The molecule has 0 saturated heterocycles. The number of rotatable bonds is 7. The highest BCUT2D eigenvalue weighted by atomic mass is 16.6. The van der Waals surface area contributed by atoms with Gasteiger partial charge in [0, 0.05) is 5.56 Å². The Bertz CT molecular complexity index is 1450. The van der Waals surface area contributed by atoms with Gasteiger partial charge in [0.25, 0.3) is 0 Å². The van der Waals surface area contributed by atoms with E-state index in [4.69, 9.17) is 9.26 Å². The van der Waals surface area contributed by atoms with Gasteiger partial charge in [0.1, 0.15) is 17.5 Å². The molecule has 188 valence electrons. The van der Waals surface area contributed by atoms with Gasteiger partial charge < -0.3 is 14.4 Å². The fraction of sp³-hybridized carbons (Fsp3) is 0.233. The summed E-state index contributed by atoms with van der Waals surface area (Å²) >= 11 is 0. The van der Waals surface area contributed by atoms with Gasteiger partial charge in [-0.25, -0.2) is 4.79 Å². The van der Waals surface area contributed by atoms with Crippen molar-refractivity contribution < 1.29 is 24.0 Å². The molecule has 7 heteroatoms. The molecule has 4 aromatic rings. The fourth-order valence-corrected chi connectivity index (χ4v) is 4.54. The van der Waals surface area contributed by atoms with Crippen LogP contribution in [0.5, 0.6) is 0 Å². The van der Waals surface area contributed by atoms with Crippen LogP contribution < -0.4 is 5.32 Å². The summed E-state index contributed by atoms with van der Waals surface area (Å²) < 4.78 is 11.1. The van der Waals surface area contributed by atoms with E-state index in [1.54, 1.807) is 6.92 Å². The monoisotopic (exact) mass is 495 g/mol. The molecule has 1 aliphatic rings. The van der Waals surface area contributed by atoms with Gasteiger partial charge in [0.05, 0.1) is 5.41 Å². The van der Waals surface area contributed by atoms with Gasteiger partial charge in [-0.15, -0.1) is 0 Å². The highest BCUT2D eigenvalue weighted by Crippen LogP contribution is 2.48. The van der Waals surface area contributed by atoms with Crippen molar-refractivity contribution in [3.8, 4) is 22.5 Å². The smallest absolute Gasteiger partial charge is 0.412 e. The molecule has 0 unspecified atom stereocenters. The summed E-state index contributed by atoms with van der Waals surface area (Å²) in [5.74, 6) is -0.318. The van der Waals surface area contributed by atoms with Gasteiger partial charge in [-0.3, -0.25) is 10.1 Å². The van der Waals surface area contributed by atoms with Gasteiger partial charge >= 0.3 is 12.1 Å². The zero-order valence-corrected chi connectivity index (χ0v) is 20.9. The third-order valence-electron chi connectivity index (χ3n) is 6.96. The number of carboxylic acid groups (broad SMARTS) is 1. The van der Waals surface area contributed by atoms with Gasteiger partial charge in [0.15, 0.2) is 5.76 Å². The first-order chi connectivity index (χ1) is 17.8. The van der Waals surface area contributed by atoms with Crippen molar-refractivity contribution in [2.24, 2.45) is 0 Å². The van der Waals surface area contributed by atoms with Crippen LogP contribution in [0.15, 0.2) is 77.3 Å². The van der Waals surface area contributed by atoms with Crippen LogP contribution in [0.3, 0.4) is 0 Å². The maximum atomic E-state index is 12.7. The molecule has 1 fully saturated rings. The lowest BCUT2D eigenvalue weighted by atomic mass is 9.93. The Kier molecular flexibility index (Phi) is 6.29. The molecule has 0 radical (unpaired) electrons. The summed E-state index contributed by atoms with van der Waals surface area (Å²) in [5.41, 5.74) is 5.86. The number of aromatic nitrogens is 1. The summed E-state index contributed by atoms with van der Waals surface area (Å²) in [6, 6.07) is 23.2. The van der Waals surface area contributed by atoms with Gasteiger partial charge in [-0.1, -0.05) is 83.5 Å². The minimum Gasteiger partial charge on any atom is -0.481 e. The fourth-order valence-electron chi connectivity index (χ4n) is 4.54. The van der Waals surface area contributed by atoms with Crippen LogP contribution in [0.25, 0.3) is 22.5 Å². The first-order valence-electron chi connectivity index (χ1n) is 12.2. The number of amides is 1. The highest BCUT2D eigenvalue weighted by molar-refractivity contribution is 5.91. The van der Waals surface area contributed by atoms with Crippen LogP contribution in [-0.2, 0) is 14.9 Å². The standard InChI is InChI=1S/C30H28N2O5/c1-18-5-4-6-24(17-18)20(3)36-29(35)31-26-19(2)32-37-27(26)23-9-7-21(8-10-23)22-11-13-25(14-12-22)30(15-16-30)28(33)34/h4-14,17,20H,15-16H2,1-3H3,(H,31,35)(H,33,34)/t20-/m1/s1/i1-1. The van der Waals surface area contributed by atoms with Crippen LogP contribution in [0.2, 0.25) is 0 Å². The van der Waals surface area contributed by atoms with E-state index in [-0.39, 0.29) is 0 Å². The maximum absolute atomic E-state index is 12.7. The molecule has 0 aliphatic heterocycles. The van der Waals surface area contributed by atoms with Crippen molar-refractivity contribution >= 4 is 17.7 Å². The number of carboxylic acids is 1. The number of hydrogen-bond acceptors (Lipinski definition) is 5. The topological polar surface area (TPSA) is 102 Å². The van der Waals surface area contributed by atoms with Gasteiger partial charge in [0.2, 0.25) is 0 Å². The van der Waals surface area contributed by atoms with E-state index < -0.39 is 23.6 Å². The summed E-state index contributed by atoms with van der Waals surface area (Å²) in [7, 11) is 0. The summed E-state index contributed by atoms with van der Waals surface area (Å²) in [4.78, 5) is 24.2. The van der Waals surface area contributed by atoms with E-state index in [0.717, 1.165) is 33.4 Å². The molecular formula is C30H28N2O5. The number of aryl methyl sites for hydroxylation is 2. The molecule has 7 nitrogen and oxygen atoms in total. The van der Waals surface area contributed by atoms with E-state index in [1.807, 2.05) is 86.6 Å². The first-order valence-corrected chi connectivity index (χ1v) is 12.2. The molecule has 1 aliphatic carbocycles. The second-order valence-electron chi connectivity index (χ2n) is 9.60. The molecule has 1 saturated carbocycles. The second-order valence-corrected chi connectivity index (χ2v) is 9.60. The Morgan fingerprint density at radius 3 is 2.19 bits per heavy atom. The minimum absolute atomic E-state index is 0.417. The molecule has 37 heavy (non-hydrogen) atoms. The quantitative estimate of drug-likeness (QED) is 0.285. The van der Waals surface area contributed by atoms with Gasteiger partial charge in [-0.05, 0) is 55.9 Å². The maximum Gasteiger partial charge on any atom is 0.412 e. The largest absolute Gasteiger partial charge is 0.481 e. The third-order valence-corrected chi connectivity index (χ3v) is 6.96. The number of nitrogens with zero attached hydrogens (tertiary/aromatic N) is 1. The van der Waals surface area contributed by atoms with Crippen molar-refractivity contribution in [1.29, 1.82) is 0 Å². The molecular weight excluding hydrogens is 467 g/mol. The lowest BCUT2D eigenvalue weighted by Crippen LogP contribution is -2.19. The lowest BCUT2D eigenvalue weighted by molar-refractivity contribution is -0.140. The van der Waals surface area contributed by atoms with Crippen molar-refractivity contribution in [2.45, 2.75) is 45.1 Å². The Labute approximate surface area is 215 Å². The molecule has 2 N–H and O–H groups in total. The Morgan fingerprint density at radius 1 is 0.973 bits per heavy atom. The zero-order chi connectivity index (χ0) is 26.2. The average Bonchev–Trinajstić information content (AvgIpc) is 3.64. The number of anilines is 1. The number of nitrogens with one attached hydrogen (secondary N) is 1. The number of hydrogen-bond donors (Lipinski definition) is 2. The number of benzene rings is 3. The molecule has 1 atom stereocenters. The van der Waals surface area contributed by atoms with E-state index in [1.165, 1.54) is 0 Å². The number of aliphatic carboxylic acids is 1. The van der Waals surface area contributed by atoms with E-state index >= 15 is 0 Å². The lowest BCUT2D eigenvalue weighted by Gasteiger charge is -2.15. The number of carbonyl (C=O) groups is 2. The van der Waals surface area contributed by atoms with Crippen molar-refractivity contribution in [1.82, 2.24) is 5.16 Å². The van der Waals surface area contributed by atoms with Crippen LogP contribution in [-0.4, -0.2) is 22.3 Å². The van der Waals surface area contributed by atoms with Crippen LogP contribution in [0.1, 0.15) is 48.3 Å². The molecule has 0 spiro atoms. The highest BCUT2D eigenvalue weighted by Gasteiger charge is 2.51. The predicted molar refractivity (Wildman–Crippen MR) is 140 cm³/mol. The van der Waals surface area contributed by atoms with Crippen LogP contribution in [0, 0.1) is 13.8 Å². The normalized spacial score (nSPS) is 14.6. The Hall–Kier alpha value is -4.39. The molecule has 1 aromatic heterocycles. The molecule has 1 amide bonds. The molecule has 3 aromatic carbocycles. The SMILES string of the molecule is Cc1noc(-c2ccc(-c3ccc(C4(C(=O)O)CC4)cc3)cc2)c1NC(=O)O[C@H](C)c1cccc([11CH3])c1. The number of carbonyl (C=O) groups excluding carboxylic acids is 1. The molecule has 5 rings (SSSR count). The first kappa shape index (κ1) is 24.3. The van der Waals surface area contributed by atoms with E-state index in [0.29, 0.717) is 30.0 Å². The zero-order valence-electron chi connectivity index (χ0n) is 20.9. The van der Waals surface area contributed by atoms with E-state index in [2.05, 4.69) is 10.5 Å². The summed E-state index contributed by atoms with van der Waals surface area (Å²) in [6.07, 6.45) is 0.358. The predicted octanol–water partition coefficient (Wildman–Crippen LogP) is 7.05. The Morgan fingerprint density at radius 2 is 1.59 bits per heavy atom. The number of ether oxygens (including phenoxy) is 1. The van der Waals surface area contributed by atoms with E-state index in [9.17, 15) is 14.7 Å². The minimum atomic E-state index is -0.759. The van der Waals surface area contributed by atoms with Crippen LogP contribution in [0.4, 0.5) is 10.5 Å².